The van der Waals surface area contributed by atoms with E-state index in [0.717, 1.165) is 56.8 Å². The lowest BCUT2D eigenvalue weighted by Crippen LogP contribution is -2.26. The summed E-state index contributed by atoms with van der Waals surface area (Å²) in [6.07, 6.45) is 1.91. The molecule has 0 atom stereocenters. The van der Waals surface area contributed by atoms with Crippen molar-refractivity contribution in [3.63, 3.8) is 0 Å². The molecule has 0 radical (unpaired) electrons. The molecule has 0 N–H and O–H groups in total. The van der Waals surface area contributed by atoms with E-state index in [4.69, 9.17) is 14.7 Å². The summed E-state index contributed by atoms with van der Waals surface area (Å²) in [5.41, 5.74) is 9.03. The number of hydrogen-bond donors (Lipinski definition) is 0. The van der Waals surface area contributed by atoms with Crippen LogP contribution in [-0.2, 0) is 12.1 Å². The molecule has 1 aliphatic heterocycles. The number of pyridine rings is 1. The van der Waals surface area contributed by atoms with Gasteiger partial charge in [-0.3, -0.25) is 4.57 Å². The molecule has 6 nitrogen and oxygen atoms in total. The maximum absolute atomic E-state index is 6.59. The number of rotatable bonds is 4. The van der Waals surface area contributed by atoms with Crippen molar-refractivity contribution in [1.29, 1.82) is 0 Å². The monoisotopic (exact) mass is 589 g/mol. The van der Waals surface area contributed by atoms with E-state index in [0.29, 0.717) is 6.67 Å². The number of hydrogen-bond acceptors (Lipinski definition) is 4. The van der Waals surface area contributed by atoms with E-state index in [1.54, 1.807) is 0 Å². The van der Waals surface area contributed by atoms with E-state index in [-0.39, 0.29) is 5.41 Å². The summed E-state index contributed by atoms with van der Waals surface area (Å²) >= 11 is 0. The second-order valence-electron chi connectivity index (χ2n) is 12.9. The third-order valence-electron chi connectivity index (χ3n) is 9.03. The first-order valence-electron chi connectivity index (χ1n) is 15.4. The first-order chi connectivity index (χ1) is 21.8. The molecule has 1 aliphatic rings. The minimum atomic E-state index is 0.0154. The average Bonchev–Trinajstić information content (AvgIpc) is 3.53. The van der Waals surface area contributed by atoms with Gasteiger partial charge in [0, 0.05) is 46.0 Å². The largest absolute Gasteiger partial charge is 0.457 e. The molecule has 4 aromatic carbocycles. The maximum Gasteiger partial charge on any atom is 0.144 e. The Kier molecular flexibility index (Phi) is 6.10. The third-order valence-corrected chi connectivity index (χ3v) is 9.03. The van der Waals surface area contributed by atoms with Crippen molar-refractivity contribution < 1.29 is 4.74 Å². The molecule has 0 amide bonds. The molecule has 0 saturated carbocycles. The SMILES string of the molecule is Cc1nc2n(c1C)CN(c1cccc(Oc3ccc4c5ccccc5n(-c5cc(C(C)(C)C)ccn5)c4c3)c1)c1ccccc1-2. The molecule has 0 aliphatic carbocycles. The minimum absolute atomic E-state index is 0.0154. The zero-order chi connectivity index (χ0) is 30.9. The van der Waals surface area contributed by atoms with Crippen LogP contribution in [0.5, 0.6) is 11.5 Å². The Morgan fingerprint density at radius 1 is 0.733 bits per heavy atom. The Balaban J connectivity index is 1.19. The highest BCUT2D eigenvalue weighted by Crippen LogP contribution is 2.42. The minimum Gasteiger partial charge on any atom is -0.457 e. The van der Waals surface area contributed by atoms with Gasteiger partial charge in [-0.2, -0.15) is 0 Å². The van der Waals surface area contributed by atoms with Crippen LogP contribution in [0.4, 0.5) is 11.4 Å². The molecule has 4 heterocycles. The van der Waals surface area contributed by atoms with E-state index >= 15 is 0 Å². The van der Waals surface area contributed by atoms with Crippen molar-refractivity contribution in [2.75, 3.05) is 4.90 Å². The average molecular weight is 590 g/mol. The summed E-state index contributed by atoms with van der Waals surface area (Å²) < 4.78 is 11.1. The van der Waals surface area contributed by atoms with E-state index in [2.05, 4.69) is 146 Å². The van der Waals surface area contributed by atoms with Crippen LogP contribution < -0.4 is 9.64 Å². The molecular weight excluding hydrogens is 554 g/mol. The highest BCUT2D eigenvalue weighted by atomic mass is 16.5. The predicted molar refractivity (Wildman–Crippen MR) is 183 cm³/mol. The lowest BCUT2D eigenvalue weighted by atomic mass is 9.88. The first-order valence-corrected chi connectivity index (χ1v) is 15.4. The number of ether oxygens (including phenoxy) is 1. The van der Waals surface area contributed by atoms with Crippen molar-refractivity contribution >= 4 is 33.2 Å². The highest BCUT2D eigenvalue weighted by Gasteiger charge is 2.26. The number of benzene rings is 4. The molecular formula is C39H35N5O. The predicted octanol–water partition coefficient (Wildman–Crippen LogP) is 9.86. The molecule has 222 valence electrons. The Hall–Kier alpha value is -5.36. The fraction of sp³-hybridized carbons (Fsp3) is 0.179. The summed E-state index contributed by atoms with van der Waals surface area (Å²) in [5, 5.41) is 2.36. The second kappa shape index (κ2) is 10.1. The van der Waals surface area contributed by atoms with Crippen LogP contribution in [0.25, 0.3) is 39.0 Å². The molecule has 0 saturated heterocycles. The van der Waals surface area contributed by atoms with Crippen molar-refractivity contribution in [2.45, 2.75) is 46.7 Å². The van der Waals surface area contributed by atoms with Crippen LogP contribution in [0.15, 0.2) is 109 Å². The van der Waals surface area contributed by atoms with Crippen LogP contribution in [-0.4, -0.2) is 19.1 Å². The number of imidazole rings is 1. The van der Waals surface area contributed by atoms with E-state index in [1.807, 2.05) is 12.3 Å². The van der Waals surface area contributed by atoms with E-state index < -0.39 is 0 Å². The Labute approximate surface area is 263 Å². The molecule has 8 rings (SSSR count). The smallest absolute Gasteiger partial charge is 0.144 e. The number of para-hydroxylation sites is 2. The van der Waals surface area contributed by atoms with Gasteiger partial charge in [0.2, 0.25) is 0 Å². The molecule has 0 spiro atoms. The molecule has 0 fully saturated rings. The number of nitrogens with zero attached hydrogens (tertiary/aromatic N) is 5. The third kappa shape index (κ3) is 4.48. The second-order valence-corrected chi connectivity index (χ2v) is 12.9. The van der Waals surface area contributed by atoms with Gasteiger partial charge in [0.1, 0.15) is 29.8 Å². The Bertz CT molecular complexity index is 2250. The van der Waals surface area contributed by atoms with Gasteiger partial charge in [0.25, 0.3) is 0 Å². The normalized spacial score (nSPS) is 12.9. The molecule has 3 aromatic heterocycles. The van der Waals surface area contributed by atoms with Crippen LogP contribution in [0, 0.1) is 13.8 Å². The molecule has 0 bridgehead atoms. The summed E-state index contributed by atoms with van der Waals surface area (Å²) in [7, 11) is 0. The summed E-state index contributed by atoms with van der Waals surface area (Å²) in [6.45, 7) is 11.6. The highest BCUT2D eigenvalue weighted by molar-refractivity contribution is 6.09. The van der Waals surface area contributed by atoms with Gasteiger partial charge < -0.3 is 14.2 Å². The van der Waals surface area contributed by atoms with Gasteiger partial charge in [-0.15, -0.1) is 0 Å². The number of anilines is 2. The van der Waals surface area contributed by atoms with Gasteiger partial charge in [0.05, 0.1) is 22.4 Å². The quantitative estimate of drug-likeness (QED) is 0.205. The van der Waals surface area contributed by atoms with Crippen LogP contribution in [0.1, 0.15) is 37.7 Å². The Morgan fingerprint density at radius 3 is 2.38 bits per heavy atom. The van der Waals surface area contributed by atoms with Crippen molar-refractivity contribution in [3.05, 3.63) is 126 Å². The topological polar surface area (TPSA) is 48.1 Å². The van der Waals surface area contributed by atoms with Crippen LogP contribution in [0.3, 0.4) is 0 Å². The van der Waals surface area contributed by atoms with Crippen LogP contribution in [0.2, 0.25) is 0 Å². The summed E-state index contributed by atoms with van der Waals surface area (Å²) in [4.78, 5) is 12.0. The molecule has 0 unspecified atom stereocenters. The lowest BCUT2D eigenvalue weighted by Gasteiger charge is -2.33. The number of fused-ring (bicyclic) bond motifs is 6. The zero-order valence-corrected chi connectivity index (χ0v) is 26.2. The number of aromatic nitrogens is 4. The van der Waals surface area contributed by atoms with E-state index in [1.165, 1.54) is 22.0 Å². The van der Waals surface area contributed by atoms with E-state index in [9.17, 15) is 0 Å². The van der Waals surface area contributed by atoms with Gasteiger partial charge >= 0.3 is 0 Å². The van der Waals surface area contributed by atoms with Crippen molar-refractivity contribution in [2.24, 2.45) is 0 Å². The first kappa shape index (κ1) is 27.2. The van der Waals surface area contributed by atoms with Gasteiger partial charge in [0.15, 0.2) is 0 Å². The standard InChI is InChI=1S/C39H35N5O/c1-25-26(2)42-24-43(34-15-8-7-14-33(34)38(42)41-25)28-11-10-12-29(22-28)45-30-17-18-32-31-13-6-9-16-35(31)44(36(32)23-30)37-21-27(19-20-40-37)39(3,4)5/h6-23H,24H2,1-5H3. The molecule has 6 heteroatoms. The fourth-order valence-electron chi connectivity index (χ4n) is 6.49. The number of aryl methyl sites for hydroxylation is 1. The van der Waals surface area contributed by atoms with Crippen molar-refractivity contribution in [3.8, 4) is 28.7 Å². The fourth-order valence-corrected chi connectivity index (χ4v) is 6.49. The van der Waals surface area contributed by atoms with Gasteiger partial charge in [-0.1, -0.05) is 57.2 Å². The van der Waals surface area contributed by atoms with Gasteiger partial charge in [-0.05, 0) is 79.4 Å². The van der Waals surface area contributed by atoms with Crippen molar-refractivity contribution in [1.82, 2.24) is 19.1 Å². The summed E-state index contributed by atoms with van der Waals surface area (Å²) in [5.74, 6) is 3.48. The van der Waals surface area contributed by atoms with Crippen LogP contribution >= 0.6 is 0 Å². The maximum atomic E-state index is 6.59. The lowest BCUT2D eigenvalue weighted by molar-refractivity contribution is 0.483. The van der Waals surface area contributed by atoms with Gasteiger partial charge in [-0.25, -0.2) is 9.97 Å². The summed E-state index contributed by atoms with van der Waals surface area (Å²) in [6, 6.07) is 36.0. The molecule has 45 heavy (non-hydrogen) atoms. The zero-order valence-electron chi connectivity index (χ0n) is 26.2. The Morgan fingerprint density at radius 2 is 1.51 bits per heavy atom. The molecule has 7 aromatic rings.